The van der Waals surface area contributed by atoms with Crippen molar-refractivity contribution in [2.24, 2.45) is 13.0 Å². The first-order valence-electron chi connectivity index (χ1n) is 5.99. The molecule has 0 radical (unpaired) electrons. The normalized spacial score (nSPS) is 22.9. The molecule has 0 saturated carbocycles. The summed E-state index contributed by atoms with van der Waals surface area (Å²) >= 11 is 0. The standard InChI is InChI=1S/C12H17N3O3/c1-4-18-12(17)10-8(6-13-11(10)16)9-5-7(2)15(3)14-9/h5,8,10H,4,6H2,1-3H3,(H,13,16)/t8-,10-/m1/s1. The Morgan fingerprint density at radius 2 is 2.39 bits per heavy atom. The molecule has 1 amide bonds. The van der Waals surface area contributed by atoms with Crippen molar-refractivity contribution in [2.75, 3.05) is 13.2 Å². The summed E-state index contributed by atoms with van der Waals surface area (Å²) in [6, 6.07) is 1.90. The van der Waals surface area contributed by atoms with Crippen LogP contribution in [-0.2, 0) is 21.4 Å². The fourth-order valence-corrected chi connectivity index (χ4v) is 2.17. The number of aromatic nitrogens is 2. The van der Waals surface area contributed by atoms with Gasteiger partial charge in [-0.15, -0.1) is 0 Å². The number of nitrogens with zero attached hydrogens (tertiary/aromatic N) is 2. The summed E-state index contributed by atoms with van der Waals surface area (Å²) < 4.78 is 6.69. The van der Waals surface area contributed by atoms with Crippen LogP contribution in [0.4, 0.5) is 0 Å². The van der Waals surface area contributed by atoms with Crippen LogP contribution in [0.3, 0.4) is 0 Å². The summed E-state index contributed by atoms with van der Waals surface area (Å²) in [7, 11) is 1.84. The SMILES string of the molecule is CCOC(=O)[C@H]1C(=O)NC[C@@H]1c1cc(C)n(C)n1. The second-order valence-electron chi connectivity index (χ2n) is 4.42. The van der Waals surface area contributed by atoms with Gasteiger partial charge in [0.15, 0.2) is 0 Å². The van der Waals surface area contributed by atoms with E-state index in [1.54, 1.807) is 11.6 Å². The van der Waals surface area contributed by atoms with Crippen LogP contribution in [0.1, 0.15) is 24.2 Å². The van der Waals surface area contributed by atoms with Gasteiger partial charge >= 0.3 is 5.97 Å². The van der Waals surface area contributed by atoms with Gasteiger partial charge in [-0.3, -0.25) is 14.3 Å². The van der Waals surface area contributed by atoms with Crippen LogP contribution in [0.5, 0.6) is 0 Å². The van der Waals surface area contributed by atoms with Gasteiger partial charge in [0, 0.05) is 25.2 Å². The molecule has 1 fully saturated rings. The molecular weight excluding hydrogens is 234 g/mol. The number of carbonyl (C=O) groups excluding carboxylic acids is 2. The number of amides is 1. The second-order valence-corrected chi connectivity index (χ2v) is 4.42. The minimum absolute atomic E-state index is 0.239. The van der Waals surface area contributed by atoms with E-state index in [1.165, 1.54) is 0 Å². The second kappa shape index (κ2) is 4.80. The topological polar surface area (TPSA) is 73.2 Å². The summed E-state index contributed by atoms with van der Waals surface area (Å²) in [5.74, 6) is -1.77. The van der Waals surface area contributed by atoms with Crippen molar-refractivity contribution in [3.63, 3.8) is 0 Å². The summed E-state index contributed by atoms with van der Waals surface area (Å²) in [5.41, 5.74) is 1.75. The van der Waals surface area contributed by atoms with E-state index in [1.807, 2.05) is 20.0 Å². The van der Waals surface area contributed by atoms with E-state index in [-0.39, 0.29) is 18.4 Å². The minimum atomic E-state index is -0.778. The number of hydrogen-bond acceptors (Lipinski definition) is 4. The molecule has 1 aliphatic rings. The molecule has 0 unspecified atom stereocenters. The number of rotatable bonds is 3. The first-order valence-corrected chi connectivity index (χ1v) is 5.99. The molecular formula is C12H17N3O3. The van der Waals surface area contributed by atoms with Crippen LogP contribution in [0.25, 0.3) is 0 Å². The van der Waals surface area contributed by atoms with Crippen LogP contribution in [0.2, 0.25) is 0 Å². The van der Waals surface area contributed by atoms with Crippen LogP contribution < -0.4 is 5.32 Å². The van der Waals surface area contributed by atoms with Gasteiger partial charge in [-0.05, 0) is 19.9 Å². The molecule has 98 valence electrons. The van der Waals surface area contributed by atoms with E-state index >= 15 is 0 Å². The third kappa shape index (κ3) is 2.10. The summed E-state index contributed by atoms with van der Waals surface area (Å²) in [6.07, 6.45) is 0. The van der Waals surface area contributed by atoms with Crippen molar-refractivity contribution in [3.8, 4) is 0 Å². The molecule has 6 heteroatoms. The zero-order chi connectivity index (χ0) is 13.3. The molecule has 1 saturated heterocycles. The van der Waals surface area contributed by atoms with E-state index in [4.69, 9.17) is 4.74 Å². The van der Waals surface area contributed by atoms with E-state index in [2.05, 4.69) is 10.4 Å². The van der Waals surface area contributed by atoms with Gasteiger partial charge in [0.25, 0.3) is 0 Å². The highest BCUT2D eigenvalue weighted by Crippen LogP contribution is 2.29. The molecule has 1 N–H and O–H groups in total. The predicted octanol–water partition coefficient (Wildman–Crippen LogP) is 0.121. The molecule has 1 aromatic rings. The third-order valence-electron chi connectivity index (χ3n) is 3.23. The number of ether oxygens (including phenoxy) is 1. The Kier molecular flexibility index (Phi) is 3.36. The number of esters is 1. The quantitative estimate of drug-likeness (QED) is 0.612. The van der Waals surface area contributed by atoms with Gasteiger partial charge in [-0.2, -0.15) is 5.10 Å². The Labute approximate surface area is 105 Å². The molecule has 2 heterocycles. The molecule has 1 aliphatic heterocycles. The lowest BCUT2D eigenvalue weighted by atomic mass is 9.92. The maximum absolute atomic E-state index is 11.8. The molecule has 0 aromatic carbocycles. The number of nitrogens with one attached hydrogen (secondary N) is 1. The Hall–Kier alpha value is -1.85. The Bertz CT molecular complexity index is 461. The monoisotopic (exact) mass is 251 g/mol. The van der Waals surface area contributed by atoms with Gasteiger partial charge in [-0.25, -0.2) is 0 Å². The van der Waals surface area contributed by atoms with Crippen molar-refractivity contribution in [3.05, 3.63) is 17.5 Å². The maximum Gasteiger partial charge on any atom is 0.319 e. The minimum Gasteiger partial charge on any atom is -0.465 e. The van der Waals surface area contributed by atoms with E-state index in [0.29, 0.717) is 6.54 Å². The van der Waals surface area contributed by atoms with Crippen molar-refractivity contribution >= 4 is 11.9 Å². The van der Waals surface area contributed by atoms with E-state index in [9.17, 15) is 9.59 Å². The lowest BCUT2D eigenvalue weighted by Gasteiger charge is -2.13. The molecule has 18 heavy (non-hydrogen) atoms. The Morgan fingerprint density at radius 1 is 1.67 bits per heavy atom. The third-order valence-corrected chi connectivity index (χ3v) is 3.23. The van der Waals surface area contributed by atoms with E-state index < -0.39 is 11.9 Å². The predicted molar refractivity (Wildman–Crippen MR) is 63.8 cm³/mol. The van der Waals surface area contributed by atoms with Crippen LogP contribution in [-0.4, -0.2) is 34.8 Å². The molecule has 1 aromatic heterocycles. The molecule has 0 spiro atoms. The molecule has 2 atom stereocenters. The smallest absolute Gasteiger partial charge is 0.319 e. The van der Waals surface area contributed by atoms with Crippen LogP contribution >= 0.6 is 0 Å². The lowest BCUT2D eigenvalue weighted by molar-refractivity contribution is -0.151. The molecule has 0 bridgehead atoms. The van der Waals surface area contributed by atoms with Gasteiger partial charge < -0.3 is 10.1 Å². The van der Waals surface area contributed by atoms with Crippen LogP contribution in [0, 0.1) is 12.8 Å². The fourth-order valence-electron chi connectivity index (χ4n) is 2.17. The first-order chi connectivity index (χ1) is 8.54. The zero-order valence-corrected chi connectivity index (χ0v) is 10.8. The van der Waals surface area contributed by atoms with Crippen LogP contribution in [0.15, 0.2) is 6.07 Å². The fraction of sp³-hybridized carbons (Fsp3) is 0.583. The highest BCUT2D eigenvalue weighted by Gasteiger charge is 2.43. The molecule has 0 aliphatic carbocycles. The Balaban J connectivity index is 2.26. The summed E-state index contributed by atoms with van der Waals surface area (Å²) in [4.78, 5) is 23.5. The number of carbonyl (C=O) groups is 2. The lowest BCUT2D eigenvalue weighted by Crippen LogP contribution is -2.29. The number of hydrogen-bond donors (Lipinski definition) is 1. The van der Waals surface area contributed by atoms with E-state index in [0.717, 1.165) is 11.4 Å². The van der Waals surface area contributed by atoms with Gasteiger partial charge in [0.05, 0.1) is 12.3 Å². The number of aryl methyl sites for hydroxylation is 2. The van der Waals surface area contributed by atoms with Crippen molar-refractivity contribution in [1.82, 2.24) is 15.1 Å². The van der Waals surface area contributed by atoms with Gasteiger partial charge in [0.2, 0.25) is 5.91 Å². The average Bonchev–Trinajstić information content (AvgIpc) is 2.84. The highest BCUT2D eigenvalue weighted by atomic mass is 16.5. The summed E-state index contributed by atoms with van der Waals surface area (Å²) in [6.45, 7) is 4.36. The Morgan fingerprint density at radius 3 is 2.94 bits per heavy atom. The van der Waals surface area contributed by atoms with Gasteiger partial charge in [-0.1, -0.05) is 0 Å². The molecule has 6 nitrogen and oxygen atoms in total. The summed E-state index contributed by atoms with van der Waals surface area (Å²) in [5, 5.41) is 7.03. The average molecular weight is 251 g/mol. The van der Waals surface area contributed by atoms with Crippen molar-refractivity contribution in [1.29, 1.82) is 0 Å². The van der Waals surface area contributed by atoms with Crippen molar-refractivity contribution < 1.29 is 14.3 Å². The highest BCUT2D eigenvalue weighted by molar-refractivity contribution is 6.00. The zero-order valence-electron chi connectivity index (χ0n) is 10.8. The van der Waals surface area contributed by atoms with Gasteiger partial charge in [0.1, 0.15) is 5.92 Å². The molecule has 2 rings (SSSR count). The largest absolute Gasteiger partial charge is 0.465 e. The first kappa shape index (κ1) is 12.6. The maximum atomic E-state index is 11.8. The van der Waals surface area contributed by atoms with Crippen molar-refractivity contribution in [2.45, 2.75) is 19.8 Å².